The summed E-state index contributed by atoms with van der Waals surface area (Å²) in [6.07, 6.45) is 2.14. The van der Waals surface area contributed by atoms with Gasteiger partial charge in [0, 0.05) is 0 Å². The Bertz CT molecular complexity index is 1060. The maximum absolute atomic E-state index is 12.4. The number of nitrogens with two attached hydrogens (primary N) is 1. The fraction of sp³-hybridized carbons (Fsp3) is 0.304. The molecule has 0 aliphatic carbocycles. The Kier molecular flexibility index (Phi) is 5.31. The SMILES string of the molecule is NC(=O)c1c2c(nn1-c1ccc(Oc3ccccc3)cc1)[C@H](C1CCNCC1)NCN2. The molecule has 1 amide bonds. The maximum Gasteiger partial charge on any atom is 0.269 e. The normalized spacial score (nSPS) is 18.8. The highest BCUT2D eigenvalue weighted by Gasteiger charge is 2.35. The molecule has 8 heteroatoms. The summed E-state index contributed by atoms with van der Waals surface area (Å²) >= 11 is 0. The monoisotopic (exact) mass is 418 g/mol. The Hall–Kier alpha value is -3.36. The van der Waals surface area contributed by atoms with E-state index in [-0.39, 0.29) is 6.04 Å². The van der Waals surface area contributed by atoms with Crippen molar-refractivity contribution < 1.29 is 9.53 Å². The zero-order valence-corrected chi connectivity index (χ0v) is 17.2. The van der Waals surface area contributed by atoms with Crippen LogP contribution in [0, 0.1) is 5.92 Å². The number of amides is 1. The average molecular weight is 419 g/mol. The minimum absolute atomic E-state index is 0.0957. The van der Waals surface area contributed by atoms with Crippen LogP contribution in [0.5, 0.6) is 11.5 Å². The number of aromatic nitrogens is 2. The summed E-state index contributed by atoms with van der Waals surface area (Å²) in [5.74, 6) is 1.44. The molecule has 3 heterocycles. The number of piperidine rings is 1. The van der Waals surface area contributed by atoms with Gasteiger partial charge in [0.2, 0.25) is 0 Å². The first kappa shape index (κ1) is 19.6. The topological polar surface area (TPSA) is 106 Å². The first-order valence-electron chi connectivity index (χ1n) is 10.6. The lowest BCUT2D eigenvalue weighted by Gasteiger charge is -2.33. The van der Waals surface area contributed by atoms with Gasteiger partial charge in [0.25, 0.3) is 5.91 Å². The highest BCUT2D eigenvalue weighted by molar-refractivity contribution is 5.98. The zero-order valence-electron chi connectivity index (χ0n) is 17.2. The molecule has 0 saturated carbocycles. The van der Waals surface area contributed by atoms with Crippen LogP contribution in [-0.2, 0) is 0 Å². The number of fused-ring (bicyclic) bond motifs is 1. The average Bonchev–Trinajstić information content (AvgIpc) is 3.21. The highest BCUT2D eigenvalue weighted by Crippen LogP contribution is 2.37. The fourth-order valence-corrected chi connectivity index (χ4v) is 4.43. The Morgan fingerprint density at radius 3 is 2.45 bits per heavy atom. The van der Waals surface area contributed by atoms with Crippen LogP contribution >= 0.6 is 0 Å². The summed E-state index contributed by atoms with van der Waals surface area (Å²) in [5, 5.41) is 15.1. The fourth-order valence-electron chi connectivity index (χ4n) is 4.43. The number of anilines is 1. The van der Waals surface area contributed by atoms with Crippen molar-refractivity contribution in [2.75, 3.05) is 25.1 Å². The third kappa shape index (κ3) is 3.87. The molecule has 0 spiro atoms. The van der Waals surface area contributed by atoms with Crippen LogP contribution in [0.4, 0.5) is 5.69 Å². The molecule has 5 rings (SSSR count). The first-order valence-corrected chi connectivity index (χ1v) is 10.6. The van der Waals surface area contributed by atoms with Crippen molar-refractivity contribution in [2.45, 2.75) is 18.9 Å². The van der Waals surface area contributed by atoms with E-state index in [0.29, 0.717) is 24.0 Å². The molecule has 0 unspecified atom stereocenters. The summed E-state index contributed by atoms with van der Waals surface area (Å²) in [6, 6.07) is 17.2. The van der Waals surface area contributed by atoms with Crippen molar-refractivity contribution >= 4 is 11.6 Å². The lowest BCUT2D eigenvalue weighted by molar-refractivity contribution is 0.0993. The van der Waals surface area contributed by atoms with Crippen molar-refractivity contribution in [3.8, 4) is 17.2 Å². The van der Waals surface area contributed by atoms with Gasteiger partial charge in [-0.3, -0.25) is 10.1 Å². The van der Waals surface area contributed by atoms with Crippen LogP contribution in [0.3, 0.4) is 0 Å². The summed E-state index contributed by atoms with van der Waals surface area (Å²) < 4.78 is 7.52. The van der Waals surface area contributed by atoms with Gasteiger partial charge in [-0.1, -0.05) is 18.2 Å². The van der Waals surface area contributed by atoms with Crippen LogP contribution in [0.2, 0.25) is 0 Å². The quantitative estimate of drug-likeness (QED) is 0.508. The van der Waals surface area contributed by atoms with E-state index in [0.717, 1.165) is 48.7 Å². The van der Waals surface area contributed by atoms with Gasteiger partial charge in [-0.15, -0.1) is 0 Å². The molecule has 2 aliphatic heterocycles. The van der Waals surface area contributed by atoms with Crippen LogP contribution in [0.25, 0.3) is 5.69 Å². The molecule has 160 valence electrons. The lowest BCUT2D eigenvalue weighted by Crippen LogP contribution is -2.41. The van der Waals surface area contributed by atoms with E-state index in [1.165, 1.54) is 0 Å². The van der Waals surface area contributed by atoms with Gasteiger partial charge >= 0.3 is 0 Å². The standard InChI is InChI=1S/C23H26N6O2/c24-23(30)22-21-20(19(26-14-27-21)15-10-12-25-13-11-15)28-29(22)16-6-8-18(9-7-16)31-17-4-2-1-3-5-17/h1-9,15,19,25-27H,10-14H2,(H2,24,30)/t19-/m0/s1. The van der Waals surface area contributed by atoms with Crippen molar-refractivity contribution in [3.63, 3.8) is 0 Å². The summed E-state index contributed by atoms with van der Waals surface area (Å²) in [6.45, 7) is 2.58. The van der Waals surface area contributed by atoms with Gasteiger partial charge in [0.1, 0.15) is 17.2 Å². The lowest BCUT2D eigenvalue weighted by atomic mass is 9.87. The van der Waals surface area contributed by atoms with E-state index in [2.05, 4.69) is 16.0 Å². The van der Waals surface area contributed by atoms with Crippen LogP contribution < -0.4 is 26.4 Å². The van der Waals surface area contributed by atoms with Crippen LogP contribution in [-0.4, -0.2) is 35.4 Å². The Balaban J connectivity index is 1.47. The van der Waals surface area contributed by atoms with E-state index >= 15 is 0 Å². The smallest absolute Gasteiger partial charge is 0.269 e. The number of para-hydroxylation sites is 1. The number of primary amides is 1. The second kappa shape index (κ2) is 8.41. The predicted molar refractivity (Wildman–Crippen MR) is 119 cm³/mol. The summed E-state index contributed by atoms with van der Waals surface area (Å²) in [5.41, 5.74) is 8.52. The highest BCUT2D eigenvalue weighted by atomic mass is 16.5. The number of rotatable bonds is 5. The molecular formula is C23H26N6O2. The molecule has 0 radical (unpaired) electrons. The molecule has 2 aliphatic rings. The number of benzene rings is 2. The van der Waals surface area contributed by atoms with Crippen LogP contribution in [0.1, 0.15) is 35.1 Å². The number of nitrogens with zero attached hydrogens (tertiary/aromatic N) is 2. The molecule has 1 aromatic heterocycles. The first-order chi connectivity index (χ1) is 15.2. The molecule has 3 aromatic rings. The molecule has 1 saturated heterocycles. The largest absolute Gasteiger partial charge is 0.457 e. The van der Waals surface area contributed by atoms with E-state index < -0.39 is 5.91 Å². The minimum atomic E-state index is -0.503. The third-order valence-electron chi connectivity index (χ3n) is 5.94. The molecule has 31 heavy (non-hydrogen) atoms. The number of hydrogen-bond acceptors (Lipinski definition) is 6. The number of hydrogen-bond donors (Lipinski definition) is 4. The molecule has 2 aromatic carbocycles. The van der Waals surface area contributed by atoms with Crippen molar-refractivity contribution in [1.29, 1.82) is 0 Å². The van der Waals surface area contributed by atoms with Crippen molar-refractivity contribution in [1.82, 2.24) is 20.4 Å². The van der Waals surface area contributed by atoms with Gasteiger partial charge in [-0.05, 0) is 68.2 Å². The number of nitrogens with one attached hydrogen (secondary N) is 3. The van der Waals surface area contributed by atoms with Gasteiger partial charge in [-0.2, -0.15) is 5.10 Å². The van der Waals surface area contributed by atoms with E-state index in [9.17, 15) is 4.79 Å². The van der Waals surface area contributed by atoms with E-state index in [1.54, 1.807) is 4.68 Å². The van der Waals surface area contributed by atoms with Gasteiger partial charge in [-0.25, -0.2) is 4.68 Å². The number of carbonyl (C=O) groups excluding carboxylic acids is 1. The Morgan fingerprint density at radius 1 is 1.03 bits per heavy atom. The van der Waals surface area contributed by atoms with Crippen molar-refractivity contribution in [2.24, 2.45) is 11.7 Å². The molecule has 5 N–H and O–H groups in total. The summed E-state index contributed by atoms with van der Waals surface area (Å²) in [7, 11) is 0. The third-order valence-corrected chi connectivity index (χ3v) is 5.94. The Morgan fingerprint density at radius 2 is 1.74 bits per heavy atom. The predicted octanol–water partition coefficient (Wildman–Crippen LogP) is 2.78. The molecular weight excluding hydrogens is 392 g/mol. The number of ether oxygens (including phenoxy) is 1. The molecule has 1 atom stereocenters. The van der Waals surface area contributed by atoms with Gasteiger partial charge in [0.05, 0.1) is 24.1 Å². The van der Waals surface area contributed by atoms with Crippen molar-refractivity contribution in [3.05, 3.63) is 66.0 Å². The molecule has 8 nitrogen and oxygen atoms in total. The Labute approximate surface area is 180 Å². The van der Waals surface area contributed by atoms with Gasteiger partial charge < -0.3 is 21.1 Å². The summed E-state index contributed by atoms with van der Waals surface area (Å²) in [4.78, 5) is 12.4. The van der Waals surface area contributed by atoms with Gasteiger partial charge in [0.15, 0.2) is 5.69 Å². The van der Waals surface area contributed by atoms with Crippen LogP contribution in [0.15, 0.2) is 54.6 Å². The molecule has 0 bridgehead atoms. The van der Waals surface area contributed by atoms with E-state index in [1.807, 2.05) is 54.6 Å². The zero-order chi connectivity index (χ0) is 21.2. The second-order valence-corrected chi connectivity index (χ2v) is 7.92. The number of carbonyl (C=O) groups is 1. The van der Waals surface area contributed by atoms with E-state index in [4.69, 9.17) is 15.6 Å². The molecule has 1 fully saturated rings. The minimum Gasteiger partial charge on any atom is -0.457 e. The second-order valence-electron chi connectivity index (χ2n) is 7.92. The maximum atomic E-state index is 12.4.